The molecule has 2 rings (SSSR count). The fourth-order valence-electron chi connectivity index (χ4n) is 2.45. The van der Waals surface area contributed by atoms with Gasteiger partial charge in [0.2, 0.25) is 0 Å². The normalized spacial score (nSPS) is 28.3. The predicted octanol–water partition coefficient (Wildman–Crippen LogP) is 3.78. The second-order valence-electron chi connectivity index (χ2n) is 5.31. The maximum atomic E-state index is 6.16. The Bertz CT molecular complexity index is 396. The van der Waals surface area contributed by atoms with Gasteiger partial charge in [-0.25, -0.2) is 0 Å². The SMILES string of the molecule is CCC1(C)CC(NCc2ccccc2Cl)CCO1. The van der Waals surface area contributed by atoms with Crippen LogP contribution in [0.5, 0.6) is 0 Å². The summed E-state index contributed by atoms with van der Waals surface area (Å²) in [6.45, 7) is 6.08. The highest BCUT2D eigenvalue weighted by atomic mass is 35.5. The van der Waals surface area contributed by atoms with Crippen LogP contribution in [0.15, 0.2) is 24.3 Å². The molecule has 18 heavy (non-hydrogen) atoms. The van der Waals surface area contributed by atoms with Gasteiger partial charge in [-0.1, -0.05) is 36.7 Å². The van der Waals surface area contributed by atoms with Crippen LogP contribution in [0.1, 0.15) is 38.7 Å². The van der Waals surface area contributed by atoms with E-state index in [0.29, 0.717) is 6.04 Å². The van der Waals surface area contributed by atoms with Crippen molar-refractivity contribution in [1.29, 1.82) is 0 Å². The molecule has 2 nitrogen and oxygen atoms in total. The molecule has 1 heterocycles. The fourth-order valence-corrected chi connectivity index (χ4v) is 2.65. The lowest BCUT2D eigenvalue weighted by molar-refractivity contribution is -0.0781. The van der Waals surface area contributed by atoms with Crippen LogP contribution in [0, 0.1) is 0 Å². The third kappa shape index (κ3) is 3.47. The van der Waals surface area contributed by atoms with Crippen LogP contribution in [0.25, 0.3) is 0 Å². The lowest BCUT2D eigenvalue weighted by Crippen LogP contribution is -2.44. The molecule has 0 radical (unpaired) electrons. The lowest BCUT2D eigenvalue weighted by atomic mass is 9.90. The zero-order valence-electron chi connectivity index (χ0n) is 11.2. The van der Waals surface area contributed by atoms with Gasteiger partial charge in [-0.2, -0.15) is 0 Å². The number of nitrogens with one attached hydrogen (secondary N) is 1. The summed E-state index contributed by atoms with van der Waals surface area (Å²) in [5.74, 6) is 0. The first-order valence-electron chi connectivity index (χ1n) is 6.74. The summed E-state index contributed by atoms with van der Waals surface area (Å²) in [5.41, 5.74) is 1.21. The second kappa shape index (κ2) is 6.05. The highest BCUT2D eigenvalue weighted by molar-refractivity contribution is 6.31. The van der Waals surface area contributed by atoms with Crippen LogP contribution in [0.4, 0.5) is 0 Å². The van der Waals surface area contributed by atoms with Gasteiger partial charge in [-0.15, -0.1) is 0 Å². The zero-order chi connectivity index (χ0) is 13.0. The summed E-state index contributed by atoms with van der Waals surface area (Å²) in [7, 11) is 0. The molecule has 0 spiro atoms. The van der Waals surface area contributed by atoms with Crippen molar-refractivity contribution in [1.82, 2.24) is 5.32 Å². The van der Waals surface area contributed by atoms with E-state index in [4.69, 9.17) is 16.3 Å². The van der Waals surface area contributed by atoms with Gasteiger partial charge in [0.25, 0.3) is 0 Å². The molecule has 100 valence electrons. The number of hydrogen-bond donors (Lipinski definition) is 1. The zero-order valence-corrected chi connectivity index (χ0v) is 12.0. The molecule has 3 heteroatoms. The van der Waals surface area contributed by atoms with E-state index in [9.17, 15) is 0 Å². The van der Waals surface area contributed by atoms with Gasteiger partial charge in [-0.05, 0) is 37.8 Å². The van der Waals surface area contributed by atoms with Crippen molar-refractivity contribution in [2.45, 2.75) is 51.3 Å². The van der Waals surface area contributed by atoms with Gasteiger partial charge >= 0.3 is 0 Å². The molecule has 1 saturated heterocycles. The van der Waals surface area contributed by atoms with E-state index in [2.05, 4.69) is 25.2 Å². The molecule has 0 bridgehead atoms. The van der Waals surface area contributed by atoms with Crippen molar-refractivity contribution in [3.63, 3.8) is 0 Å². The molecule has 1 aliphatic rings. The van der Waals surface area contributed by atoms with Gasteiger partial charge in [0, 0.05) is 24.2 Å². The highest BCUT2D eigenvalue weighted by Crippen LogP contribution is 2.28. The third-order valence-electron chi connectivity index (χ3n) is 3.88. The van der Waals surface area contributed by atoms with E-state index in [1.807, 2.05) is 18.2 Å². The van der Waals surface area contributed by atoms with Crippen molar-refractivity contribution in [3.05, 3.63) is 34.9 Å². The Balaban J connectivity index is 1.89. The van der Waals surface area contributed by atoms with E-state index in [-0.39, 0.29) is 5.60 Å². The largest absolute Gasteiger partial charge is 0.375 e. The number of rotatable bonds is 4. The Hall–Kier alpha value is -0.570. The summed E-state index contributed by atoms with van der Waals surface area (Å²) in [6, 6.07) is 8.55. The maximum Gasteiger partial charge on any atom is 0.0666 e. The molecule has 2 atom stereocenters. The first-order chi connectivity index (χ1) is 8.63. The van der Waals surface area contributed by atoms with Crippen molar-refractivity contribution in [2.24, 2.45) is 0 Å². The molecule has 0 aromatic heterocycles. The van der Waals surface area contributed by atoms with Crippen LogP contribution in [0.2, 0.25) is 5.02 Å². The second-order valence-corrected chi connectivity index (χ2v) is 5.72. The van der Waals surface area contributed by atoms with Crippen molar-refractivity contribution >= 4 is 11.6 Å². The quantitative estimate of drug-likeness (QED) is 0.897. The standard InChI is InChI=1S/C15H22ClNO/c1-3-15(2)10-13(8-9-18-15)17-11-12-6-4-5-7-14(12)16/h4-7,13,17H,3,8-11H2,1-2H3. The molecule has 0 amide bonds. The van der Waals surface area contributed by atoms with E-state index in [1.54, 1.807) is 0 Å². The Morgan fingerprint density at radius 1 is 1.44 bits per heavy atom. The Morgan fingerprint density at radius 3 is 2.94 bits per heavy atom. The topological polar surface area (TPSA) is 21.3 Å². The predicted molar refractivity (Wildman–Crippen MR) is 76.0 cm³/mol. The van der Waals surface area contributed by atoms with E-state index < -0.39 is 0 Å². The van der Waals surface area contributed by atoms with Gasteiger partial charge in [-0.3, -0.25) is 0 Å². The Labute approximate surface area is 115 Å². The Morgan fingerprint density at radius 2 is 2.22 bits per heavy atom. The monoisotopic (exact) mass is 267 g/mol. The maximum absolute atomic E-state index is 6.16. The van der Waals surface area contributed by atoms with Gasteiger partial charge < -0.3 is 10.1 Å². The van der Waals surface area contributed by atoms with Gasteiger partial charge in [0.05, 0.1) is 5.60 Å². The minimum Gasteiger partial charge on any atom is -0.375 e. The Kier molecular flexibility index (Phi) is 4.66. The van der Waals surface area contributed by atoms with Gasteiger partial charge in [0.1, 0.15) is 0 Å². The lowest BCUT2D eigenvalue weighted by Gasteiger charge is -2.38. The van der Waals surface area contributed by atoms with E-state index in [1.165, 1.54) is 5.56 Å². The number of benzene rings is 1. The summed E-state index contributed by atoms with van der Waals surface area (Å²) in [4.78, 5) is 0. The molecule has 0 aliphatic carbocycles. The molecule has 1 aromatic rings. The van der Waals surface area contributed by atoms with Crippen molar-refractivity contribution < 1.29 is 4.74 Å². The first kappa shape index (κ1) is 13.9. The fraction of sp³-hybridized carbons (Fsp3) is 0.600. The van der Waals surface area contributed by atoms with Crippen LogP contribution in [-0.4, -0.2) is 18.2 Å². The van der Waals surface area contributed by atoms with Crippen LogP contribution < -0.4 is 5.32 Å². The van der Waals surface area contributed by atoms with Crippen LogP contribution in [-0.2, 0) is 11.3 Å². The first-order valence-corrected chi connectivity index (χ1v) is 7.11. The number of halogens is 1. The highest BCUT2D eigenvalue weighted by Gasteiger charge is 2.31. The van der Waals surface area contributed by atoms with Gasteiger partial charge in [0.15, 0.2) is 0 Å². The molecule has 2 unspecified atom stereocenters. The molecular weight excluding hydrogens is 246 g/mol. The minimum atomic E-state index is 0.0381. The van der Waals surface area contributed by atoms with Crippen molar-refractivity contribution in [2.75, 3.05) is 6.61 Å². The molecule has 0 saturated carbocycles. The summed E-state index contributed by atoms with van der Waals surface area (Å²) in [6.07, 6.45) is 3.23. The summed E-state index contributed by atoms with van der Waals surface area (Å²) in [5, 5.41) is 4.45. The molecule has 1 fully saturated rings. The molecule has 1 aliphatic heterocycles. The van der Waals surface area contributed by atoms with Crippen LogP contribution >= 0.6 is 11.6 Å². The minimum absolute atomic E-state index is 0.0381. The molecule has 1 aromatic carbocycles. The third-order valence-corrected chi connectivity index (χ3v) is 4.25. The average Bonchev–Trinajstić information content (AvgIpc) is 2.38. The number of ether oxygens (including phenoxy) is 1. The average molecular weight is 268 g/mol. The van der Waals surface area contributed by atoms with E-state index >= 15 is 0 Å². The number of hydrogen-bond acceptors (Lipinski definition) is 2. The molecule has 1 N–H and O–H groups in total. The smallest absolute Gasteiger partial charge is 0.0666 e. The summed E-state index contributed by atoms with van der Waals surface area (Å²) < 4.78 is 5.85. The van der Waals surface area contributed by atoms with E-state index in [0.717, 1.165) is 37.4 Å². The van der Waals surface area contributed by atoms with Crippen molar-refractivity contribution in [3.8, 4) is 0 Å². The molecular formula is C15H22ClNO. The van der Waals surface area contributed by atoms with Crippen LogP contribution in [0.3, 0.4) is 0 Å². The summed E-state index contributed by atoms with van der Waals surface area (Å²) >= 11 is 6.16.